The lowest BCUT2D eigenvalue weighted by Crippen LogP contribution is -2.20. The van der Waals surface area contributed by atoms with E-state index in [9.17, 15) is 18.3 Å². The summed E-state index contributed by atoms with van der Waals surface area (Å²) in [5, 5.41) is 12.4. The SMILES string of the molecule is CC(O)CC1Cc2cc(C(F)(F)F)ccc2N1. The molecule has 1 heterocycles. The molecule has 0 bridgehead atoms. The van der Waals surface area contributed by atoms with Gasteiger partial charge >= 0.3 is 6.18 Å². The molecule has 0 amide bonds. The fourth-order valence-corrected chi connectivity index (χ4v) is 2.17. The molecule has 2 rings (SSSR count). The molecule has 94 valence electrons. The van der Waals surface area contributed by atoms with Gasteiger partial charge in [-0.3, -0.25) is 0 Å². The molecule has 0 fully saturated rings. The second-order valence-corrected chi connectivity index (χ2v) is 4.50. The van der Waals surface area contributed by atoms with Gasteiger partial charge in [-0.2, -0.15) is 13.2 Å². The lowest BCUT2D eigenvalue weighted by Gasteiger charge is -2.12. The summed E-state index contributed by atoms with van der Waals surface area (Å²) in [6, 6.07) is 3.75. The van der Waals surface area contributed by atoms with Gasteiger partial charge in [-0.1, -0.05) is 0 Å². The van der Waals surface area contributed by atoms with Gasteiger partial charge in [0, 0.05) is 11.7 Å². The Kier molecular flexibility index (Phi) is 3.03. The number of halogens is 3. The normalized spacial score (nSPS) is 20.9. The van der Waals surface area contributed by atoms with Crippen molar-refractivity contribution in [2.45, 2.75) is 38.1 Å². The van der Waals surface area contributed by atoms with Crippen molar-refractivity contribution < 1.29 is 18.3 Å². The predicted molar refractivity (Wildman–Crippen MR) is 58.9 cm³/mol. The molecule has 2 atom stereocenters. The molecule has 0 spiro atoms. The monoisotopic (exact) mass is 245 g/mol. The minimum atomic E-state index is -4.29. The van der Waals surface area contributed by atoms with E-state index < -0.39 is 17.8 Å². The van der Waals surface area contributed by atoms with Gasteiger partial charge in [0.25, 0.3) is 0 Å². The van der Waals surface area contributed by atoms with Crippen LogP contribution in [0.25, 0.3) is 0 Å². The third-order valence-electron chi connectivity index (χ3n) is 2.88. The fourth-order valence-electron chi connectivity index (χ4n) is 2.17. The molecule has 1 aromatic carbocycles. The summed E-state index contributed by atoms with van der Waals surface area (Å²) in [5.41, 5.74) is 0.796. The molecular weight excluding hydrogens is 231 g/mol. The van der Waals surface area contributed by atoms with Crippen molar-refractivity contribution in [2.75, 3.05) is 5.32 Å². The number of aliphatic hydroxyl groups is 1. The first kappa shape index (κ1) is 12.2. The van der Waals surface area contributed by atoms with Crippen LogP contribution in [0.1, 0.15) is 24.5 Å². The van der Waals surface area contributed by atoms with Crippen LogP contribution in [0.2, 0.25) is 0 Å². The molecular formula is C12H14F3NO. The number of hydrogen-bond donors (Lipinski definition) is 2. The van der Waals surface area contributed by atoms with Crippen molar-refractivity contribution in [1.29, 1.82) is 0 Å². The zero-order valence-corrected chi connectivity index (χ0v) is 9.38. The van der Waals surface area contributed by atoms with Crippen LogP contribution in [0.4, 0.5) is 18.9 Å². The van der Waals surface area contributed by atoms with E-state index in [0.29, 0.717) is 18.4 Å². The first-order chi connectivity index (χ1) is 7.86. The van der Waals surface area contributed by atoms with Crippen LogP contribution < -0.4 is 5.32 Å². The lowest BCUT2D eigenvalue weighted by molar-refractivity contribution is -0.137. The third-order valence-corrected chi connectivity index (χ3v) is 2.88. The summed E-state index contributed by atoms with van der Waals surface area (Å²) in [6.07, 6.45) is -3.68. The van der Waals surface area contributed by atoms with E-state index in [1.54, 1.807) is 6.92 Å². The van der Waals surface area contributed by atoms with Gasteiger partial charge in [-0.05, 0) is 43.5 Å². The Balaban J connectivity index is 2.17. The van der Waals surface area contributed by atoms with Gasteiger partial charge in [0.15, 0.2) is 0 Å². The summed E-state index contributed by atoms with van der Waals surface area (Å²) in [5.74, 6) is 0. The summed E-state index contributed by atoms with van der Waals surface area (Å²) < 4.78 is 37.5. The van der Waals surface area contributed by atoms with E-state index in [1.807, 2.05) is 0 Å². The van der Waals surface area contributed by atoms with Crippen molar-refractivity contribution in [3.8, 4) is 0 Å². The van der Waals surface area contributed by atoms with Crippen LogP contribution in [0.3, 0.4) is 0 Å². The lowest BCUT2D eigenvalue weighted by atomic mass is 10.0. The predicted octanol–water partition coefficient (Wildman–Crippen LogP) is 2.81. The van der Waals surface area contributed by atoms with E-state index in [1.165, 1.54) is 12.1 Å². The number of hydrogen-bond acceptors (Lipinski definition) is 2. The molecule has 17 heavy (non-hydrogen) atoms. The maximum atomic E-state index is 12.5. The van der Waals surface area contributed by atoms with Crippen molar-refractivity contribution in [3.05, 3.63) is 29.3 Å². The number of alkyl halides is 3. The van der Waals surface area contributed by atoms with E-state index in [0.717, 1.165) is 11.8 Å². The van der Waals surface area contributed by atoms with Gasteiger partial charge in [-0.15, -0.1) is 0 Å². The van der Waals surface area contributed by atoms with Crippen molar-refractivity contribution in [3.63, 3.8) is 0 Å². The second kappa shape index (κ2) is 4.22. The number of rotatable bonds is 2. The van der Waals surface area contributed by atoms with Crippen LogP contribution in [0.5, 0.6) is 0 Å². The van der Waals surface area contributed by atoms with Gasteiger partial charge in [0.05, 0.1) is 11.7 Å². The minimum absolute atomic E-state index is 0.0217. The van der Waals surface area contributed by atoms with Gasteiger partial charge in [0.2, 0.25) is 0 Å². The average molecular weight is 245 g/mol. The Morgan fingerprint density at radius 1 is 1.47 bits per heavy atom. The first-order valence-corrected chi connectivity index (χ1v) is 5.51. The quantitative estimate of drug-likeness (QED) is 0.839. The van der Waals surface area contributed by atoms with Crippen molar-refractivity contribution >= 4 is 5.69 Å². The maximum absolute atomic E-state index is 12.5. The average Bonchev–Trinajstić information content (AvgIpc) is 2.55. The van der Waals surface area contributed by atoms with E-state index in [2.05, 4.69) is 5.32 Å². The third kappa shape index (κ3) is 2.72. The highest BCUT2D eigenvalue weighted by Gasteiger charge is 2.32. The van der Waals surface area contributed by atoms with Crippen molar-refractivity contribution in [1.82, 2.24) is 0 Å². The second-order valence-electron chi connectivity index (χ2n) is 4.50. The Morgan fingerprint density at radius 2 is 2.18 bits per heavy atom. The van der Waals surface area contributed by atoms with Crippen LogP contribution in [0, 0.1) is 0 Å². The first-order valence-electron chi connectivity index (χ1n) is 5.51. The van der Waals surface area contributed by atoms with Crippen molar-refractivity contribution in [2.24, 2.45) is 0 Å². The number of benzene rings is 1. The highest BCUT2D eigenvalue weighted by atomic mass is 19.4. The highest BCUT2D eigenvalue weighted by Crippen LogP contribution is 2.35. The molecule has 0 radical (unpaired) electrons. The number of nitrogens with one attached hydrogen (secondary N) is 1. The van der Waals surface area contributed by atoms with Crippen LogP contribution >= 0.6 is 0 Å². The summed E-state index contributed by atoms with van der Waals surface area (Å²) in [7, 11) is 0. The molecule has 1 aliphatic rings. The molecule has 0 aromatic heterocycles. The van der Waals surface area contributed by atoms with Crippen LogP contribution in [-0.2, 0) is 12.6 Å². The molecule has 5 heteroatoms. The fraction of sp³-hybridized carbons (Fsp3) is 0.500. The Hall–Kier alpha value is -1.23. The Labute approximate surface area is 97.5 Å². The molecule has 0 saturated carbocycles. The topological polar surface area (TPSA) is 32.3 Å². The molecule has 2 unspecified atom stereocenters. The molecule has 2 N–H and O–H groups in total. The van der Waals surface area contributed by atoms with Crippen LogP contribution in [0.15, 0.2) is 18.2 Å². The molecule has 1 aliphatic heterocycles. The summed E-state index contributed by atoms with van der Waals surface area (Å²) in [4.78, 5) is 0. The van der Waals surface area contributed by atoms with Gasteiger partial charge < -0.3 is 10.4 Å². The molecule has 2 nitrogen and oxygen atoms in total. The molecule has 1 aromatic rings. The summed E-state index contributed by atoms with van der Waals surface area (Å²) in [6.45, 7) is 1.67. The largest absolute Gasteiger partial charge is 0.416 e. The van der Waals surface area contributed by atoms with E-state index in [4.69, 9.17) is 0 Å². The Bertz CT molecular complexity index is 415. The van der Waals surface area contributed by atoms with Gasteiger partial charge in [-0.25, -0.2) is 0 Å². The zero-order valence-electron chi connectivity index (χ0n) is 9.38. The Morgan fingerprint density at radius 3 is 2.76 bits per heavy atom. The molecule has 0 aliphatic carbocycles. The molecule has 0 saturated heterocycles. The highest BCUT2D eigenvalue weighted by molar-refractivity contribution is 5.58. The van der Waals surface area contributed by atoms with E-state index in [-0.39, 0.29) is 6.04 Å². The maximum Gasteiger partial charge on any atom is 0.416 e. The number of aliphatic hydroxyl groups excluding tert-OH is 1. The number of fused-ring (bicyclic) bond motifs is 1. The smallest absolute Gasteiger partial charge is 0.393 e. The minimum Gasteiger partial charge on any atom is -0.393 e. The standard InChI is InChI=1S/C12H14F3NO/c1-7(17)4-10-6-8-5-9(12(13,14)15)2-3-11(8)16-10/h2-3,5,7,10,16-17H,4,6H2,1H3. The summed E-state index contributed by atoms with van der Waals surface area (Å²) >= 11 is 0. The zero-order chi connectivity index (χ0) is 12.6. The van der Waals surface area contributed by atoms with Gasteiger partial charge in [0.1, 0.15) is 0 Å². The van der Waals surface area contributed by atoms with Crippen LogP contribution in [-0.4, -0.2) is 17.3 Å². The number of anilines is 1. The van der Waals surface area contributed by atoms with E-state index >= 15 is 0 Å².